The van der Waals surface area contributed by atoms with E-state index in [0.717, 1.165) is 24.1 Å². The predicted molar refractivity (Wildman–Crippen MR) is 95.1 cm³/mol. The second-order valence-electron chi connectivity index (χ2n) is 6.78. The van der Waals surface area contributed by atoms with Crippen molar-refractivity contribution in [3.63, 3.8) is 0 Å². The number of carbonyl (C=O) groups excluding carboxylic acids is 3. The van der Waals surface area contributed by atoms with Gasteiger partial charge in [-0.25, -0.2) is 0 Å². The number of fused-ring (bicyclic) bond motifs is 1. The molecule has 1 N–H and O–H groups in total. The molecule has 6 nitrogen and oxygen atoms in total. The third-order valence-corrected chi connectivity index (χ3v) is 5.02. The molecule has 25 heavy (non-hydrogen) atoms. The number of likely N-dealkylation sites (tertiary alicyclic amines) is 1. The molecule has 3 amide bonds. The van der Waals surface area contributed by atoms with Gasteiger partial charge in [-0.05, 0) is 24.5 Å². The molecule has 0 bridgehead atoms. The predicted octanol–water partition coefficient (Wildman–Crippen LogP) is 1.48. The minimum atomic E-state index is -0.476. The number of nitrogens with one attached hydrogen (secondary N) is 1. The quantitative estimate of drug-likeness (QED) is 0.904. The highest BCUT2D eigenvalue weighted by molar-refractivity contribution is 6.02. The topological polar surface area (TPSA) is 69.7 Å². The van der Waals surface area contributed by atoms with Crippen LogP contribution in [0.5, 0.6) is 0 Å². The maximum atomic E-state index is 13.1. The Balaban J connectivity index is 1.74. The lowest BCUT2D eigenvalue weighted by Gasteiger charge is -2.36. The van der Waals surface area contributed by atoms with Crippen LogP contribution in [0.2, 0.25) is 0 Å². The Labute approximate surface area is 148 Å². The van der Waals surface area contributed by atoms with Gasteiger partial charge < -0.3 is 10.2 Å². The van der Waals surface area contributed by atoms with E-state index in [4.69, 9.17) is 0 Å². The van der Waals surface area contributed by atoms with Crippen LogP contribution in [0.25, 0.3) is 0 Å². The Bertz CT molecular complexity index is 688. The summed E-state index contributed by atoms with van der Waals surface area (Å²) in [5.74, 6) is -0.129. The molecule has 6 heteroatoms. The van der Waals surface area contributed by atoms with Crippen molar-refractivity contribution in [3.05, 3.63) is 29.8 Å². The Morgan fingerprint density at radius 3 is 2.72 bits per heavy atom. The Morgan fingerprint density at radius 1 is 1.24 bits per heavy atom. The second kappa shape index (κ2) is 7.25. The van der Waals surface area contributed by atoms with Gasteiger partial charge in [-0.15, -0.1) is 0 Å². The van der Waals surface area contributed by atoms with E-state index in [9.17, 15) is 14.4 Å². The lowest BCUT2D eigenvalue weighted by Crippen LogP contribution is -2.55. The van der Waals surface area contributed by atoms with Crippen molar-refractivity contribution in [1.29, 1.82) is 0 Å². The number of benzene rings is 1. The molecule has 0 unspecified atom stereocenters. The molecule has 0 saturated carbocycles. The highest BCUT2D eigenvalue weighted by atomic mass is 16.2. The Morgan fingerprint density at radius 2 is 2.00 bits per heavy atom. The van der Waals surface area contributed by atoms with E-state index in [1.165, 1.54) is 6.92 Å². The average molecular weight is 343 g/mol. The maximum absolute atomic E-state index is 13.1. The van der Waals surface area contributed by atoms with Gasteiger partial charge in [0.15, 0.2) is 0 Å². The van der Waals surface area contributed by atoms with E-state index < -0.39 is 6.04 Å². The molecular weight excluding hydrogens is 318 g/mol. The van der Waals surface area contributed by atoms with E-state index in [1.54, 1.807) is 9.80 Å². The standard InChI is InChI=1S/C19H25N3O3/c1-3-18(24)20-15-8-6-10-21(12-15)19(25)17-11-14-7-4-5-9-16(14)22(17)13(2)23/h4-5,7,9,15,17H,3,6,8,10-12H2,1-2H3,(H,20,24)/t15-,17-/m0/s1. The smallest absolute Gasteiger partial charge is 0.246 e. The number of para-hydroxylation sites is 1. The summed E-state index contributed by atoms with van der Waals surface area (Å²) in [6, 6.07) is 7.21. The zero-order valence-electron chi connectivity index (χ0n) is 14.8. The molecule has 2 aliphatic heterocycles. The third kappa shape index (κ3) is 3.52. The summed E-state index contributed by atoms with van der Waals surface area (Å²) in [6.45, 7) is 4.52. The molecule has 1 aromatic rings. The summed E-state index contributed by atoms with van der Waals surface area (Å²) >= 11 is 0. The van der Waals surface area contributed by atoms with Crippen molar-refractivity contribution in [2.45, 2.75) is 51.6 Å². The highest BCUT2D eigenvalue weighted by Crippen LogP contribution is 2.33. The Hall–Kier alpha value is -2.37. The third-order valence-electron chi connectivity index (χ3n) is 5.02. The fourth-order valence-electron chi connectivity index (χ4n) is 3.81. The molecule has 134 valence electrons. The molecular formula is C19H25N3O3. The number of hydrogen-bond donors (Lipinski definition) is 1. The fraction of sp³-hybridized carbons (Fsp3) is 0.526. The zero-order chi connectivity index (χ0) is 18.0. The first kappa shape index (κ1) is 17.5. The Kier molecular flexibility index (Phi) is 5.06. The molecule has 2 aliphatic rings. The van der Waals surface area contributed by atoms with Crippen molar-refractivity contribution in [1.82, 2.24) is 10.2 Å². The summed E-state index contributed by atoms with van der Waals surface area (Å²) in [6.07, 6.45) is 2.74. The molecule has 3 rings (SSSR count). The molecule has 1 saturated heterocycles. The summed E-state index contributed by atoms with van der Waals surface area (Å²) < 4.78 is 0. The number of hydrogen-bond acceptors (Lipinski definition) is 3. The SMILES string of the molecule is CCC(=O)N[C@H]1CCCN(C(=O)[C@@H]2Cc3ccccc3N2C(C)=O)C1. The van der Waals surface area contributed by atoms with E-state index in [0.29, 0.717) is 25.9 Å². The number of rotatable bonds is 3. The molecule has 0 spiro atoms. The average Bonchev–Trinajstić information content (AvgIpc) is 3.00. The van der Waals surface area contributed by atoms with Crippen molar-refractivity contribution >= 4 is 23.4 Å². The maximum Gasteiger partial charge on any atom is 0.246 e. The molecule has 0 aliphatic carbocycles. The number of amides is 3. The minimum absolute atomic E-state index is 0.000272. The molecule has 2 heterocycles. The van der Waals surface area contributed by atoms with Crippen molar-refractivity contribution in [3.8, 4) is 0 Å². The van der Waals surface area contributed by atoms with E-state index in [1.807, 2.05) is 31.2 Å². The van der Waals surface area contributed by atoms with Crippen LogP contribution >= 0.6 is 0 Å². The van der Waals surface area contributed by atoms with Crippen molar-refractivity contribution < 1.29 is 14.4 Å². The first-order chi connectivity index (χ1) is 12.0. The summed E-state index contributed by atoms with van der Waals surface area (Å²) in [4.78, 5) is 40.3. The van der Waals surface area contributed by atoms with Gasteiger partial charge in [0.05, 0.1) is 0 Å². The van der Waals surface area contributed by atoms with Gasteiger partial charge in [0.25, 0.3) is 0 Å². The van der Waals surface area contributed by atoms with Crippen LogP contribution in [0.4, 0.5) is 5.69 Å². The van der Waals surface area contributed by atoms with Gasteiger partial charge >= 0.3 is 0 Å². The largest absolute Gasteiger partial charge is 0.352 e. The summed E-state index contributed by atoms with van der Waals surface area (Å²) in [5.41, 5.74) is 1.87. The summed E-state index contributed by atoms with van der Waals surface area (Å²) in [7, 11) is 0. The van der Waals surface area contributed by atoms with Gasteiger partial charge in [-0.2, -0.15) is 0 Å². The van der Waals surface area contributed by atoms with Crippen molar-refractivity contribution in [2.24, 2.45) is 0 Å². The lowest BCUT2D eigenvalue weighted by molar-refractivity contribution is -0.136. The highest BCUT2D eigenvalue weighted by Gasteiger charge is 2.39. The molecule has 0 radical (unpaired) electrons. The monoisotopic (exact) mass is 343 g/mol. The van der Waals surface area contributed by atoms with Crippen LogP contribution in [0.3, 0.4) is 0 Å². The van der Waals surface area contributed by atoms with Crippen LogP contribution in [0, 0.1) is 0 Å². The van der Waals surface area contributed by atoms with Crippen LogP contribution in [0.1, 0.15) is 38.7 Å². The second-order valence-corrected chi connectivity index (χ2v) is 6.78. The van der Waals surface area contributed by atoms with Crippen LogP contribution in [-0.2, 0) is 20.8 Å². The molecule has 0 aromatic heterocycles. The van der Waals surface area contributed by atoms with E-state index >= 15 is 0 Å². The fourth-order valence-corrected chi connectivity index (χ4v) is 3.81. The molecule has 1 aromatic carbocycles. The number of carbonyl (C=O) groups is 3. The lowest BCUT2D eigenvalue weighted by atomic mass is 10.0. The first-order valence-corrected chi connectivity index (χ1v) is 8.97. The van der Waals surface area contributed by atoms with Crippen molar-refractivity contribution in [2.75, 3.05) is 18.0 Å². The van der Waals surface area contributed by atoms with Crippen LogP contribution in [0.15, 0.2) is 24.3 Å². The molecule has 1 fully saturated rings. The number of nitrogens with zero attached hydrogens (tertiary/aromatic N) is 2. The van der Waals surface area contributed by atoms with Gasteiger partial charge in [0.1, 0.15) is 6.04 Å². The number of piperidine rings is 1. The normalized spacial score (nSPS) is 22.5. The van der Waals surface area contributed by atoms with Gasteiger partial charge in [0.2, 0.25) is 17.7 Å². The van der Waals surface area contributed by atoms with E-state index in [2.05, 4.69) is 5.32 Å². The van der Waals surface area contributed by atoms with Gasteiger partial charge in [-0.1, -0.05) is 25.1 Å². The van der Waals surface area contributed by atoms with Gasteiger partial charge in [-0.3, -0.25) is 19.3 Å². The van der Waals surface area contributed by atoms with Crippen LogP contribution in [-0.4, -0.2) is 47.8 Å². The first-order valence-electron chi connectivity index (χ1n) is 8.97. The summed E-state index contributed by atoms with van der Waals surface area (Å²) in [5, 5.41) is 2.98. The van der Waals surface area contributed by atoms with Crippen LogP contribution < -0.4 is 10.2 Å². The minimum Gasteiger partial charge on any atom is -0.352 e. The van der Waals surface area contributed by atoms with Gasteiger partial charge in [0, 0.05) is 44.6 Å². The zero-order valence-corrected chi connectivity index (χ0v) is 14.8. The number of anilines is 1. The molecule has 2 atom stereocenters. The van der Waals surface area contributed by atoms with E-state index in [-0.39, 0.29) is 23.8 Å².